The maximum atomic E-state index is 12.3. The molecule has 1 amide bonds. The first-order valence-corrected chi connectivity index (χ1v) is 7.41. The van der Waals surface area contributed by atoms with Crippen LogP contribution in [0.5, 0.6) is 5.75 Å². The van der Waals surface area contributed by atoms with Crippen LogP contribution in [-0.4, -0.2) is 25.6 Å². The molecule has 0 heterocycles. The van der Waals surface area contributed by atoms with Crippen molar-refractivity contribution in [2.45, 2.75) is 27.0 Å². The Balaban J connectivity index is 2.44. The molecule has 0 aliphatic carbocycles. The van der Waals surface area contributed by atoms with E-state index in [9.17, 15) is 13.6 Å². The molecular weight excluding hydrogens is 346 g/mol. The number of alkyl halides is 2. The zero-order chi connectivity index (χ0) is 15.8. The van der Waals surface area contributed by atoms with Gasteiger partial charge in [0.2, 0.25) is 5.91 Å². The van der Waals surface area contributed by atoms with Gasteiger partial charge in [-0.3, -0.25) is 4.79 Å². The highest BCUT2D eigenvalue weighted by Gasteiger charge is 2.10. The average molecular weight is 365 g/mol. The van der Waals surface area contributed by atoms with Gasteiger partial charge in [0.05, 0.1) is 0 Å². The van der Waals surface area contributed by atoms with Crippen molar-refractivity contribution >= 4 is 21.8 Å². The molecule has 1 aromatic carbocycles. The second kappa shape index (κ2) is 8.94. The van der Waals surface area contributed by atoms with E-state index in [0.29, 0.717) is 25.2 Å². The molecule has 7 heteroatoms. The van der Waals surface area contributed by atoms with Gasteiger partial charge in [-0.05, 0) is 18.2 Å². The Morgan fingerprint density at radius 2 is 2.05 bits per heavy atom. The van der Waals surface area contributed by atoms with Gasteiger partial charge in [0.25, 0.3) is 0 Å². The smallest absolute Gasteiger partial charge is 0.387 e. The summed E-state index contributed by atoms with van der Waals surface area (Å²) in [5.74, 6) is 0.0778. The van der Waals surface area contributed by atoms with Crippen LogP contribution in [0.2, 0.25) is 0 Å². The van der Waals surface area contributed by atoms with Crippen molar-refractivity contribution in [3.05, 3.63) is 28.2 Å². The lowest BCUT2D eigenvalue weighted by molar-refractivity contribution is -0.123. The lowest BCUT2D eigenvalue weighted by Gasteiger charge is -2.12. The molecule has 1 rings (SSSR count). The number of amides is 1. The minimum Gasteiger partial charge on any atom is -0.434 e. The van der Waals surface area contributed by atoms with Gasteiger partial charge in [-0.15, -0.1) is 0 Å². The van der Waals surface area contributed by atoms with Gasteiger partial charge in [-0.1, -0.05) is 29.8 Å². The molecule has 4 nitrogen and oxygen atoms in total. The van der Waals surface area contributed by atoms with Gasteiger partial charge in [0.15, 0.2) is 0 Å². The molecule has 0 saturated carbocycles. The number of hydrogen-bond donors (Lipinski definition) is 2. The topological polar surface area (TPSA) is 50.4 Å². The second-order valence-corrected chi connectivity index (χ2v) is 5.67. The fourth-order valence-electron chi connectivity index (χ4n) is 1.60. The quantitative estimate of drug-likeness (QED) is 0.697. The Morgan fingerprint density at radius 3 is 2.67 bits per heavy atom. The van der Waals surface area contributed by atoms with Gasteiger partial charge >= 0.3 is 6.61 Å². The summed E-state index contributed by atoms with van der Waals surface area (Å²) < 4.78 is 29.9. The molecule has 0 spiro atoms. The lowest BCUT2D eigenvalue weighted by Crippen LogP contribution is -2.34. The minimum atomic E-state index is -2.85. The molecule has 0 atom stereocenters. The van der Waals surface area contributed by atoms with Crippen LogP contribution >= 0.6 is 15.9 Å². The van der Waals surface area contributed by atoms with Crippen LogP contribution in [0.1, 0.15) is 19.4 Å². The van der Waals surface area contributed by atoms with E-state index >= 15 is 0 Å². The van der Waals surface area contributed by atoms with Crippen LogP contribution in [0.4, 0.5) is 8.78 Å². The van der Waals surface area contributed by atoms with E-state index in [1.54, 1.807) is 12.1 Å². The fourth-order valence-corrected chi connectivity index (χ4v) is 2.01. The molecule has 0 aliphatic rings. The van der Waals surface area contributed by atoms with Crippen molar-refractivity contribution in [1.82, 2.24) is 10.6 Å². The summed E-state index contributed by atoms with van der Waals surface area (Å²) >= 11 is 3.29. The molecule has 0 saturated heterocycles. The molecule has 118 valence electrons. The van der Waals surface area contributed by atoms with Crippen LogP contribution in [0.15, 0.2) is 22.7 Å². The predicted octanol–water partition coefficient (Wildman–Crippen LogP) is 2.91. The number of benzene rings is 1. The maximum absolute atomic E-state index is 12.3. The minimum absolute atomic E-state index is 0.0130. The average Bonchev–Trinajstić information content (AvgIpc) is 2.40. The zero-order valence-corrected chi connectivity index (χ0v) is 13.5. The van der Waals surface area contributed by atoms with E-state index in [2.05, 4.69) is 31.3 Å². The van der Waals surface area contributed by atoms with E-state index in [1.165, 1.54) is 6.07 Å². The Morgan fingerprint density at radius 1 is 1.33 bits per heavy atom. The summed E-state index contributed by atoms with van der Waals surface area (Å²) in [6.45, 7) is 2.18. The third-order valence-electron chi connectivity index (χ3n) is 2.68. The molecule has 0 aromatic heterocycles. The highest BCUT2D eigenvalue weighted by atomic mass is 79.9. The predicted molar refractivity (Wildman–Crippen MR) is 80.3 cm³/mol. The van der Waals surface area contributed by atoms with Gasteiger partial charge in [0.1, 0.15) is 5.75 Å². The molecule has 21 heavy (non-hydrogen) atoms. The third-order valence-corrected chi connectivity index (χ3v) is 3.17. The molecule has 1 aromatic rings. The van der Waals surface area contributed by atoms with Gasteiger partial charge < -0.3 is 15.4 Å². The normalized spacial score (nSPS) is 11.0. The molecule has 0 radical (unpaired) electrons. The standard InChI is InChI=1S/C14H19BrF2N2O2/c1-9(2)13(20)19-6-5-18-8-10-7-11(15)3-4-12(10)21-14(16)17/h3-4,7,9,14,18H,5-6,8H2,1-2H3,(H,19,20). The first-order valence-electron chi connectivity index (χ1n) is 6.61. The first-order chi connectivity index (χ1) is 9.90. The molecule has 0 unspecified atom stereocenters. The summed E-state index contributed by atoms with van der Waals surface area (Å²) in [6.07, 6.45) is 0. The summed E-state index contributed by atoms with van der Waals surface area (Å²) in [5, 5.41) is 5.84. The molecular formula is C14H19BrF2N2O2. The van der Waals surface area contributed by atoms with Crippen molar-refractivity contribution in [2.75, 3.05) is 13.1 Å². The van der Waals surface area contributed by atoms with Gasteiger partial charge in [0, 0.05) is 35.6 Å². The van der Waals surface area contributed by atoms with Crippen molar-refractivity contribution in [2.24, 2.45) is 5.92 Å². The number of hydrogen-bond acceptors (Lipinski definition) is 3. The Labute approximate surface area is 131 Å². The zero-order valence-electron chi connectivity index (χ0n) is 12.0. The molecule has 0 fully saturated rings. The largest absolute Gasteiger partial charge is 0.434 e. The number of rotatable bonds is 8. The van der Waals surface area contributed by atoms with Crippen LogP contribution in [-0.2, 0) is 11.3 Å². The number of carbonyl (C=O) groups excluding carboxylic acids is 1. The van der Waals surface area contributed by atoms with Crippen LogP contribution in [0.3, 0.4) is 0 Å². The fraction of sp³-hybridized carbons (Fsp3) is 0.500. The van der Waals surface area contributed by atoms with E-state index in [1.807, 2.05) is 13.8 Å². The van der Waals surface area contributed by atoms with Crippen LogP contribution < -0.4 is 15.4 Å². The number of nitrogens with one attached hydrogen (secondary N) is 2. The third kappa shape index (κ3) is 6.86. The van der Waals surface area contributed by atoms with E-state index in [-0.39, 0.29) is 17.6 Å². The van der Waals surface area contributed by atoms with E-state index < -0.39 is 6.61 Å². The summed E-state index contributed by atoms with van der Waals surface area (Å²) in [4.78, 5) is 11.3. The summed E-state index contributed by atoms with van der Waals surface area (Å²) in [7, 11) is 0. The summed E-state index contributed by atoms with van der Waals surface area (Å²) in [6, 6.07) is 4.86. The number of carbonyl (C=O) groups is 1. The number of ether oxygens (including phenoxy) is 1. The van der Waals surface area contributed by atoms with Crippen LogP contribution in [0.25, 0.3) is 0 Å². The Kier molecular flexibility index (Phi) is 7.60. The van der Waals surface area contributed by atoms with Crippen molar-refractivity contribution in [1.29, 1.82) is 0 Å². The van der Waals surface area contributed by atoms with Gasteiger partial charge in [-0.25, -0.2) is 0 Å². The van der Waals surface area contributed by atoms with Crippen molar-refractivity contribution in [3.8, 4) is 5.75 Å². The van der Waals surface area contributed by atoms with E-state index in [0.717, 1.165) is 4.47 Å². The Hall–Kier alpha value is -1.21. The van der Waals surface area contributed by atoms with Crippen molar-refractivity contribution in [3.63, 3.8) is 0 Å². The molecule has 2 N–H and O–H groups in total. The van der Waals surface area contributed by atoms with Crippen LogP contribution in [0, 0.1) is 5.92 Å². The monoisotopic (exact) mass is 364 g/mol. The molecule has 0 bridgehead atoms. The SMILES string of the molecule is CC(C)C(=O)NCCNCc1cc(Br)ccc1OC(F)F. The number of halogens is 3. The van der Waals surface area contributed by atoms with Gasteiger partial charge in [-0.2, -0.15) is 8.78 Å². The Bertz CT molecular complexity index is 470. The lowest BCUT2D eigenvalue weighted by atomic mass is 10.2. The molecule has 0 aliphatic heterocycles. The highest BCUT2D eigenvalue weighted by molar-refractivity contribution is 9.10. The van der Waals surface area contributed by atoms with E-state index in [4.69, 9.17) is 0 Å². The second-order valence-electron chi connectivity index (χ2n) is 4.75. The maximum Gasteiger partial charge on any atom is 0.387 e. The summed E-state index contributed by atoms with van der Waals surface area (Å²) in [5.41, 5.74) is 0.625. The highest BCUT2D eigenvalue weighted by Crippen LogP contribution is 2.24. The van der Waals surface area contributed by atoms with Crippen molar-refractivity contribution < 1.29 is 18.3 Å². The first kappa shape index (κ1) is 17.8.